The average molecular weight is 250 g/mol. The molecule has 86 valence electrons. The SMILES string of the molecule is O=C(Nc1nccc(Cl)n1)c1ccccc1O. The first-order valence-electron chi connectivity index (χ1n) is 4.75. The van der Waals surface area contributed by atoms with Gasteiger partial charge in [-0.15, -0.1) is 0 Å². The molecule has 1 amide bonds. The highest BCUT2D eigenvalue weighted by molar-refractivity contribution is 6.29. The minimum atomic E-state index is -0.495. The molecule has 2 N–H and O–H groups in total. The summed E-state index contributed by atoms with van der Waals surface area (Å²) in [5.41, 5.74) is 0.149. The van der Waals surface area contributed by atoms with Gasteiger partial charge in [-0.1, -0.05) is 23.7 Å². The number of phenols is 1. The van der Waals surface area contributed by atoms with E-state index in [1.807, 2.05) is 0 Å². The van der Waals surface area contributed by atoms with Crippen LogP contribution in [-0.4, -0.2) is 21.0 Å². The van der Waals surface area contributed by atoms with E-state index in [1.54, 1.807) is 12.1 Å². The van der Waals surface area contributed by atoms with Crippen LogP contribution in [0.2, 0.25) is 5.15 Å². The van der Waals surface area contributed by atoms with Crippen molar-refractivity contribution in [2.45, 2.75) is 0 Å². The summed E-state index contributed by atoms with van der Waals surface area (Å²) >= 11 is 5.65. The second-order valence-electron chi connectivity index (χ2n) is 3.17. The molecule has 0 aliphatic heterocycles. The fourth-order valence-corrected chi connectivity index (χ4v) is 1.37. The van der Waals surface area contributed by atoms with Crippen LogP contribution in [0, 0.1) is 0 Å². The highest BCUT2D eigenvalue weighted by Gasteiger charge is 2.11. The minimum Gasteiger partial charge on any atom is -0.507 e. The molecule has 2 rings (SSSR count). The number of benzene rings is 1. The zero-order valence-corrected chi connectivity index (χ0v) is 9.35. The van der Waals surface area contributed by atoms with E-state index in [9.17, 15) is 9.90 Å². The van der Waals surface area contributed by atoms with E-state index in [0.717, 1.165) is 0 Å². The Hall–Kier alpha value is -2.14. The van der Waals surface area contributed by atoms with Gasteiger partial charge in [0.25, 0.3) is 5.91 Å². The van der Waals surface area contributed by atoms with E-state index in [2.05, 4.69) is 15.3 Å². The van der Waals surface area contributed by atoms with Crippen LogP contribution in [-0.2, 0) is 0 Å². The van der Waals surface area contributed by atoms with Crippen LogP contribution >= 0.6 is 11.6 Å². The van der Waals surface area contributed by atoms with Crippen molar-refractivity contribution >= 4 is 23.5 Å². The summed E-state index contributed by atoms with van der Waals surface area (Å²) in [5, 5.41) is 12.1. The molecule has 1 aromatic carbocycles. The summed E-state index contributed by atoms with van der Waals surface area (Å²) in [6.45, 7) is 0. The van der Waals surface area contributed by atoms with Gasteiger partial charge in [-0.2, -0.15) is 0 Å². The quantitative estimate of drug-likeness (QED) is 0.799. The minimum absolute atomic E-state index is 0.0887. The first-order chi connectivity index (χ1) is 8.16. The van der Waals surface area contributed by atoms with Crippen molar-refractivity contribution < 1.29 is 9.90 Å². The second kappa shape index (κ2) is 4.80. The van der Waals surface area contributed by atoms with Crippen molar-refractivity contribution in [1.82, 2.24) is 9.97 Å². The van der Waals surface area contributed by atoms with Crippen LogP contribution in [0.1, 0.15) is 10.4 Å². The maximum absolute atomic E-state index is 11.8. The Labute approximate surface area is 102 Å². The van der Waals surface area contributed by atoms with Crippen LogP contribution in [0.15, 0.2) is 36.5 Å². The van der Waals surface area contributed by atoms with Crippen LogP contribution in [0.5, 0.6) is 5.75 Å². The van der Waals surface area contributed by atoms with Crippen LogP contribution < -0.4 is 5.32 Å². The number of rotatable bonds is 2. The van der Waals surface area contributed by atoms with Crippen molar-refractivity contribution in [1.29, 1.82) is 0 Å². The smallest absolute Gasteiger partial charge is 0.261 e. The molecule has 0 saturated heterocycles. The molecule has 6 heteroatoms. The zero-order valence-electron chi connectivity index (χ0n) is 8.59. The number of aromatic nitrogens is 2. The third kappa shape index (κ3) is 2.70. The van der Waals surface area contributed by atoms with E-state index in [0.29, 0.717) is 0 Å². The largest absolute Gasteiger partial charge is 0.507 e. The summed E-state index contributed by atoms with van der Waals surface area (Å²) in [6, 6.07) is 7.69. The van der Waals surface area contributed by atoms with Gasteiger partial charge in [0.1, 0.15) is 10.9 Å². The lowest BCUT2D eigenvalue weighted by molar-refractivity contribution is 0.102. The predicted molar refractivity (Wildman–Crippen MR) is 63.1 cm³/mol. The molecule has 0 atom stereocenters. The molecule has 0 unspecified atom stereocenters. The third-order valence-corrected chi connectivity index (χ3v) is 2.21. The number of aromatic hydroxyl groups is 1. The summed E-state index contributed by atoms with van der Waals surface area (Å²) in [7, 11) is 0. The van der Waals surface area contributed by atoms with Gasteiger partial charge in [-0.05, 0) is 18.2 Å². The predicted octanol–water partition coefficient (Wildman–Crippen LogP) is 2.09. The number of halogens is 1. The molecule has 0 saturated carbocycles. The van der Waals surface area contributed by atoms with Gasteiger partial charge in [0, 0.05) is 6.20 Å². The molecule has 17 heavy (non-hydrogen) atoms. The number of anilines is 1. The second-order valence-corrected chi connectivity index (χ2v) is 3.56. The number of carbonyl (C=O) groups excluding carboxylic acids is 1. The number of nitrogens with one attached hydrogen (secondary N) is 1. The fourth-order valence-electron chi connectivity index (χ4n) is 1.23. The Morgan fingerprint density at radius 2 is 2.06 bits per heavy atom. The topological polar surface area (TPSA) is 75.1 Å². The van der Waals surface area contributed by atoms with E-state index >= 15 is 0 Å². The number of hydrogen-bond acceptors (Lipinski definition) is 4. The molecule has 0 spiro atoms. The monoisotopic (exact) mass is 249 g/mol. The Morgan fingerprint density at radius 1 is 1.29 bits per heavy atom. The number of phenolic OH excluding ortho intramolecular Hbond substituents is 1. The number of nitrogens with zero attached hydrogens (tertiary/aromatic N) is 2. The Kier molecular flexibility index (Phi) is 3.20. The van der Waals surface area contributed by atoms with E-state index in [1.165, 1.54) is 24.4 Å². The van der Waals surface area contributed by atoms with Crippen molar-refractivity contribution in [2.24, 2.45) is 0 Å². The molecular formula is C11H8ClN3O2. The summed E-state index contributed by atoms with van der Waals surface area (Å²) < 4.78 is 0. The van der Waals surface area contributed by atoms with Gasteiger partial charge < -0.3 is 5.11 Å². The van der Waals surface area contributed by atoms with Crippen molar-refractivity contribution in [3.8, 4) is 5.75 Å². The average Bonchev–Trinajstić information content (AvgIpc) is 2.29. The van der Waals surface area contributed by atoms with Crippen molar-refractivity contribution in [3.05, 3.63) is 47.2 Å². The van der Waals surface area contributed by atoms with Gasteiger partial charge in [0.15, 0.2) is 0 Å². The Morgan fingerprint density at radius 3 is 2.76 bits per heavy atom. The Bertz CT molecular complexity index is 560. The first kappa shape index (κ1) is 11.3. The number of carbonyl (C=O) groups is 1. The van der Waals surface area contributed by atoms with Gasteiger partial charge >= 0.3 is 0 Å². The van der Waals surface area contributed by atoms with Crippen LogP contribution in [0.3, 0.4) is 0 Å². The lowest BCUT2D eigenvalue weighted by Gasteiger charge is -2.04. The third-order valence-electron chi connectivity index (χ3n) is 2.00. The zero-order chi connectivity index (χ0) is 12.3. The van der Waals surface area contributed by atoms with Gasteiger partial charge in [-0.3, -0.25) is 10.1 Å². The number of amides is 1. The van der Waals surface area contributed by atoms with E-state index < -0.39 is 5.91 Å². The summed E-state index contributed by atoms with van der Waals surface area (Å²) in [4.78, 5) is 19.4. The molecule has 5 nitrogen and oxygen atoms in total. The summed E-state index contributed by atoms with van der Waals surface area (Å²) in [6.07, 6.45) is 1.43. The fraction of sp³-hybridized carbons (Fsp3) is 0. The van der Waals surface area contributed by atoms with Crippen LogP contribution in [0.4, 0.5) is 5.95 Å². The lowest BCUT2D eigenvalue weighted by Crippen LogP contribution is -2.14. The molecule has 1 aromatic heterocycles. The summed E-state index contributed by atoms with van der Waals surface area (Å²) in [5.74, 6) is -0.511. The molecule has 1 heterocycles. The first-order valence-corrected chi connectivity index (χ1v) is 5.12. The van der Waals surface area contributed by atoms with E-state index in [4.69, 9.17) is 11.6 Å². The van der Waals surface area contributed by atoms with Gasteiger partial charge in [0.05, 0.1) is 5.56 Å². The van der Waals surface area contributed by atoms with Gasteiger partial charge in [0.2, 0.25) is 5.95 Å². The standard InChI is InChI=1S/C11H8ClN3O2/c12-9-5-6-13-11(14-9)15-10(17)7-3-1-2-4-8(7)16/h1-6,16H,(H,13,14,15,17). The molecule has 0 radical (unpaired) electrons. The van der Waals surface area contributed by atoms with Crippen molar-refractivity contribution in [3.63, 3.8) is 0 Å². The normalized spacial score (nSPS) is 9.94. The molecule has 0 fully saturated rings. The highest BCUT2D eigenvalue weighted by Crippen LogP contribution is 2.16. The number of hydrogen-bond donors (Lipinski definition) is 2. The molecule has 0 aliphatic carbocycles. The van der Waals surface area contributed by atoms with E-state index in [-0.39, 0.29) is 22.4 Å². The van der Waals surface area contributed by atoms with Gasteiger partial charge in [-0.25, -0.2) is 9.97 Å². The lowest BCUT2D eigenvalue weighted by atomic mass is 10.2. The van der Waals surface area contributed by atoms with Crippen LogP contribution in [0.25, 0.3) is 0 Å². The Balaban J connectivity index is 2.20. The van der Waals surface area contributed by atoms with Crippen molar-refractivity contribution in [2.75, 3.05) is 5.32 Å². The molecule has 2 aromatic rings. The maximum Gasteiger partial charge on any atom is 0.261 e. The molecular weight excluding hydrogens is 242 g/mol. The number of para-hydroxylation sites is 1. The molecule has 0 bridgehead atoms. The maximum atomic E-state index is 11.8. The highest BCUT2D eigenvalue weighted by atomic mass is 35.5. The molecule has 0 aliphatic rings.